The van der Waals surface area contributed by atoms with E-state index in [-0.39, 0.29) is 12.0 Å². The Balaban J connectivity index is 3.54. The Bertz CT molecular complexity index is 215. The van der Waals surface area contributed by atoms with Crippen LogP contribution in [0.4, 0.5) is 0 Å². The van der Waals surface area contributed by atoms with E-state index in [0.29, 0.717) is 19.4 Å². The first-order valence-corrected chi connectivity index (χ1v) is 5.07. The molecule has 0 aliphatic rings. The monoisotopic (exact) mass is 217 g/mol. The Labute approximate surface area is 89.8 Å². The number of nitrogens with one attached hydrogen (secondary N) is 1. The molecular formula is C10H19NO4. The van der Waals surface area contributed by atoms with Gasteiger partial charge in [0.1, 0.15) is 6.04 Å². The van der Waals surface area contributed by atoms with Gasteiger partial charge in [-0.1, -0.05) is 0 Å². The van der Waals surface area contributed by atoms with Crippen molar-refractivity contribution in [2.75, 3.05) is 6.61 Å². The lowest BCUT2D eigenvalue weighted by atomic mass is 10.2. The van der Waals surface area contributed by atoms with Crippen LogP contribution in [0.2, 0.25) is 0 Å². The summed E-state index contributed by atoms with van der Waals surface area (Å²) in [6.07, 6.45) is 1.06. The van der Waals surface area contributed by atoms with E-state index < -0.39 is 12.0 Å². The van der Waals surface area contributed by atoms with Crippen LogP contribution in [-0.2, 0) is 14.3 Å². The maximum Gasteiger partial charge on any atom is 0.325 e. The molecular weight excluding hydrogens is 198 g/mol. The standard InChI is InChI=1S/C10H19NO4/c1-7(2)15-6-4-5-9(12)11-8(3)10(13)14/h7-8H,4-6H2,1-3H3,(H,11,12)(H,13,14). The van der Waals surface area contributed by atoms with Crippen molar-refractivity contribution in [1.82, 2.24) is 5.32 Å². The molecule has 5 nitrogen and oxygen atoms in total. The van der Waals surface area contributed by atoms with Gasteiger partial charge in [0, 0.05) is 13.0 Å². The SMILES string of the molecule is CC(C)OCCCC(=O)NC(C)C(=O)O. The van der Waals surface area contributed by atoms with Gasteiger partial charge in [0.2, 0.25) is 5.91 Å². The molecule has 15 heavy (non-hydrogen) atoms. The van der Waals surface area contributed by atoms with Crippen LogP contribution in [0.3, 0.4) is 0 Å². The molecule has 2 N–H and O–H groups in total. The van der Waals surface area contributed by atoms with Gasteiger partial charge in [-0.2, -0.15) is 0 Å². The molecule has 0 fully saturated rings. The number of carboxylic acids is 1. The Morgan fingerprint density at radius 1 is 1.33 bits per heavy atom. The number of carbonyl (C=O) groups excluding carboxylic acids is 1. The van der Waals surface area contributed by atoms with Gasteiger partial charge in [-0.15, -0.1) is 0 Å². The van der Waals surface area contributed by atoms with Crippen molar-refractivity contribution < 1.29 is 19.4 Å². The molecule has 1 unspecified atom stereocenters. The molecule has 5 heteroatoms. The predicted molar refractivity (Wildman–Crippen MR) is 55.6 cm³/mol. The third-order valence-corrected chi connectivity index (χ3v) is 1.75. The number of hydrogen-bond donors (Lipinski definition) is 2. The summed E-state index contributed by atoms with van der Waals surface area (Å²) in [5, 5.41) is 10.9. The van der Waals surface area contributed by atoms with E-state index in [0.717, 1.165) is 0 Å². The maximum atomic E-state index is 11.2. The van der Waals surface area contributed by atoms with E-state index in [1.165, 1.54) is 6.92 Å². The highest BCUT2D eigenvalue weighted by atomic mass is 16.5. The summed E-state index contributed by atoms with van der Waals surface area (Å²) in [6.45, 7) is 5.80. The van der Waals surface area contributed by atoms with Crippen molar-refractivity contribution in [2.24, 2.45) is 0 Å². The van der Waals surface area contributed by atoms with E-state index in [1.807, 2.05) is 13.8 Å². The summed E-state index contributed by atoms with van der Waals surface area (Å²) in [5.41, 5.74) is 0. The van der Waals surface area contributed by atoms with E-state index in [2.05, 4.69) is 5.32 Å². The minimum absolute atomic E-state index is 0.158. The average molecular weight is 217 g/mol. The number of aliphatic carboxylic acids is 1. The molecule has 0 aromatic heterocycles. The number of rotatable bonds is 7. The van der Waals surface area contributed by atoms with Gasteiger partial charge in [-0.25, -0.2) is 0 Å². The molecule has 1 amide bonds. The first kappa shape index (κ1) is 13.9. The lowest BCUT2D eigenvalue weighted by Gasteiger charge is -2.10. The van der Waals surface area contributed by atoms with Crippen LogP contribution in [0.5, 0.6) is 0 Å². The van der Waals surface area contributed by atoms with Crippen molar-refractivity contribution >= 4 is 11.9 Å². The molecule has 0 saturated heterocycles. The molecule has 0 aromatic rings. The summed E-state index contributed by atoms with van der Waals surface area (Å²) in [6, 6.07) is -0.830. The average Bonchev–Trinajstić information content (AvgIpc) is 2.12. The largest absolute Gasteiger partial charge is 0.480 e. The van der Waals surface area contributed by atoms with Crippen LogP contribution in [0.15, 0.2) is 0 Å². The molecule has 0 aliphatic heterocycles. The van der Waals surface area contributed by atoms with Crippen molar-refractivity contribution in [1.29, 1.82) is 0 Å². The highest BCUT2D eigenvalue weighted by molar-refractivity contribution is 5.83. The molecule has 0 aromatic carbocycles. The summed E-state index contributed by atoms with van der Waals surface area (Å²) in [7, 11) is 0. The lowest BCUT2D eigenvalue weighted by Crippen LogP contribution is -2.38. The third kappa shape index (κ3) is 7.93. The molecule has 0 aliphatic carbocycles. The van der Waals surface area contributed by atoms with Crippen molar-refractivity contribution in [3.63, 3.8) is 0 Å². The lowest BCUT2D eigenvalue weighted by molar-refractivity contribution is -0.141. The van der Waals surface area contributed by atoms with E-state index in [9.17, 15) is 9.59 Å². The maximum absolute atomic E-state index is 11.2. The van der Waals surface area contributed by atoms with Gasteiger partial charge >= 0.3 is 5.97 Å². The summed E-state index contributed by atoms with van der Waals surface area (Å²) < 4.78 is 5.25. The fourth-order valence-corrected chi connectivity index (χ4v) is 0.927. The summed E-state index contributed by atoms with van der Waals surface area (Å²) in [5.74, 6) is -1.28. The molecule has 0 heterocycles. The van der Waals surface area contributed by atoms with Gasteiger partial charge < -0.3 is 15.2 Å². The number of carbonyl (C=O) groups is 2. The van der Waals surface area contributed by atoms with E-state index >= 15 is 0 Å². The first-order valence-electron chi connectivity index (χ1n) is 5.07. The van der Waals surface area contributed by atoms with E-state index in [1.54, 1.807) is 0 Å². The first-order chi connectivity index (χ1) is 6.93. The molecule has 1 atom stereocenters. The predicted octanol–water partition coefficient (Wildman–Crippen LogP) is 0.781. The smallest absolute Gasteiger partial charge is 0.325 e. The number of carboxylic acid groups (broad SMARTS) is 1. The van der Waals surface area contributed by atoms with Gasteiger partial charge in [0.05, 0.1) is 6.10 Å². The fourth-order valence-electron chi connectivity index (χ4n) is 0.927. The highest BCUT2D eigenvalue weighted by Gasteiger charge is 2.13. The van der Waals surface area contributed by atoms with Crippen molar-refractivity contribution in [3.05, 3.63) is 0 Å². The summed E-state index contributed by atoms with van der Waals surface area (Å²) in [4.78, 5) is 21.6. The molecule has 0 bridgehead atoms. The van der Waals surface area contributed by atoms with Crippen LogP contribution in [0, 0.1) is 0 Å². The Morgan fingerprint density at radius 3 is 2.40 bits per heavy atom. The van der Waals surface area contributed by atoms with Gasteiger partial charge in [-0.05, 0) is 27.2 Å². The van der Waals surface area contributed by atoms with E-state index in [4.69, 9.17) is 9.84 Å². The molecule has 0 spiro atoms. The minimum Gasteiger partial charge on any atom is -0.480 e. The zero-order chi connectivity index (χ0) is 11.8. The van der Waals surface area contributed by atoms with Crippen LogP contribution >= 0.6 is 0 Å². The molecule has 0 radical (unpaired) electrons. The van der Waals surface area contributed by atoms with Crippen molar-refractivity contribution in [2.45, 2.75) is 45.8 Å². The molecule has 0 saturated carbocycles. The minimum atomic E-state index is -1.03. The number of amides is 1. The number of ether oxygens (including phenoxy) is 1. The van der Waals surface area contributed by atoms with Crippen LogP contribution in [0.25, 0.3) is 0 Å². The summed E-state index contributed by atoms with van der Waals surface area (Å²) >= 11 is 0. The molecule has 0 rings (SSSR count). The normalized spacial score (nSPS) is 12.5. The molecule has 88 valence electrons. The Morgan fingerprint density at radius 2 is 1.93 bits per heavy atom. The quantitative estimate of drug-likeness (QED) is 0.618. The second-order valence-corrected chi connectivity index (χ2v) is 3.65. The Hall–Kier alpha value is -1.10. The van der Waals surface area contributed by atoms with Gasteiger partial charge in [0.25, 0.3) is 0 Å². The zero-order valence-electron chi connectivity index (χ0n) is 9.45. The van der Waals surface area contributed by atoms with Crippen LogP contribution in [-0.4, -0.2) is 35.7 Å². The van der Waals surface area contributed by atoms with Crippen LogP contribution < -0.4 is 5.32 Å². The zero-order valence-corrected chi connectivity index (χ0v) is 9.45. The van der Waals surface area contributed by atoms with Crippen molar-refractivity contribution in [3.8, 4) is 0 Å². The second-order valence-electron chi connectivity index (χ2n) is 3.65. The van der Waals surface area contributed by atoms with Gasteiger partial charge in [0.15, 0.2) is 0 Å². The highest BCUT2D eigenvalue weighted by Crippen LogP contribution is 1.95. The topological polar surface area (TPSA) is 75.6 Å². The third-order valence-electron chi connectivity index (χ3n) is 1.75. The number of hydrogen-bond acceptors (Lipinski definition) is 3. The second kappa shape index (κ2) is 7.23. The Kier molecular flexibility index (Phi) is 6.70. The van der Waals surface area contributed by atoms with Gasteiger partial charge in [-0.3, -0.25) is 9.59 Å². The van der Waals surface area contributed by atoms with Crippen LogP contribution in [0.1, 0.15) is 33.6 Å². The fraction of sp³-hybridized carbons (Fsp3) is 0.800.